The fourth-order valence-corrected chi connectivity index (χ4v) is 3.03. The molecule has 0 radical (unpaired) electrons. The predicted octanol–water partition coefficient (Wildman–Crippen LogP) is 4.12. The second-order valence-corrected chi connectivity index (χ2v) is 6.25. The first-order chi connectivity index (χ1) is 9.69. The molecule has 0 aliphatic carbocycles. The lowest BCUT2D eigenvalue weighted by Crippen LogP contribution is -2.23. The zero-order chi connectivity index (χ0) is 14.4. The van der Waals surface area contributed by atoms with Crippen molar-refractivity contribution in [2.75, 3.05) is 13.6 Å². The highest BCUT2D eigenvalue weighted by Crippen LogP contribution is 2.21. The molecule has 1 heterocycles. The number of hydrogen-bond acceptors (Lipinski definition) is 2. The number of aromatic nitrogens is 1. The smallest absolute Gasteiger partial charge is 0.0621 e. The zero-order valence-corrected chi connectivity index (χ0v) is 13.8. The molecule has 1 atom stereocenters. The summed E-state index contributed by atoms with van der Waals surface area (Å²) in [4.78, 5) is 4.04. The van der Waals surface area contributed by atoms with Crippen molar-refractivity contribution in [3.8, 4) is 0 Å². The Morgan fingerprint density at radius 1 is 1.30 bits per heavy atom. The third-order valence-electron chi connectivity index (χ3n) is 3.27. The minimum absolute atomic E-state index is 0.509. The monoisotopic (exact) mass is 352 g/mol. The topological polar surface area (TPSA) is 24.9 Å². The first kappa shape index (κ1) is 15.5. The first-order valence-electron chi connectivity index (χ1n) is 6.66. The van der Waals surface area contributed by atoms with Crippen LogP contribution in [0.1, 0.15) is 11.1 Å². The van der Waals surface area contributed by atoms with Crippen LogP contribution in [0.5, 0.6) is 0 Å². The number of benzene rings is 1. The molecule has 1 aromatic carbocycles. The minimum Gasteiger partial charge on any atom is -0.319 e. The van der Waals surface area contributed by atoms with Crippen molar-refractivity contribution in [1.82, 2.24) is 10.3 Å². The summed E-state index contributed by atoms with van der Waals surface area (Å²) >= 11 is 9.73. The van der Waals surface area contributed by atoms with Gasteiger partial charge in [0.15, 0.2) is 0 Å². The van der Waals surface area contributed by atoms with Gasteiger partial charge in [0.1, 0.15) is 0 Å². The van der Waals surface area contributed by atoms with Crippen molar-refractivity contribution < 1.29 is 0 Å². The van der Waals surface area contributed by atoms with Crippen LogP contribution in [0.15, 0.2) is 47.2 Å². The average Bonchev–Trinajstić information content (AvgIpc) is 2.42. The van der Waals surface area contributed by atoms with Gasteiger partial charge in [0.2, 0.25) is 0 Å². The SMILES string of the molecule is CNCC(Cc1cccc(Br)c1)Cc1ccncc1Cl. The Labute approximate surface area is 133 Å². The van der Waals surface area contributed by atoms with Crippen molar-refractivity contribution in [3.63, 3.8) is 0 Å². The Bertz CT molecular complexity index is 560. The predicted molar refractivity (Wildman–Crippen MR) is 88.2 cm³/mol. The van der Waals surface area contributed by atoms with Crippen molar-refractivity contribution >= 4 is 27.5 Å². The van der Waals surface area contributed by atoms with Gasteiger partial charge in [-0.25, -0.2) is 0 Å². The van der Waals surface area contributed by atoms with Crippen molar-refractivity contribution in [1.29, 1.82) is 0 Å². The van der Waals surface area contributed by atoms with Crippen LogP contribution in [0.4, 0.5) is 0 Å². The van der Waals surface area contributed by atoms with E-state index in [4.69, 9.17) is 11.6 Å². The van der Waals surface area contributed by atoms with E-state index >= 15 is 0 Å². The number of nitrogens with zero attached hydrogens (tertiary/aromatic N) is 1. The minimum atomic E-state index is 0.509. The quantitative estimate of drug-likeness (QED) is 0.845. The normalized spacial score (nSPS) is 12.3. The fourth-order valence-electron chi connectivity index (χ4n) is 2.38. The Morgan fingerprint density at radius 3 is 2.85 bits per heavy atom. The fraction of sp³-hybridized carbons (Fsp3) is 0.312. The van der Waals surface area contributed by atoms with Gasteiger partial charge in [0.05, 0.1) is 5.02 Å². The zero-order valence-electron chi connectivity index (χ0n) is 11.4. The van der Waals surface area contributed by atoms with Crippen LogP contribution in [-0.4, -0.2) is 18.6 Å². The highest BCUT2D eigenvalue weighted by Gasteiger charge is 2.12. The maximum atomic E-state index is 6.21. The Balaban J connectivity index is 2.09. The highest BCUT2D eigenvalue weighted by atomic mass is 79.9. The second kappa shape index (κ2) is 7.77. The van der Waals surface area contributed by atoms with Crippen LogP contribution < -0.4 is 5.32 Å². The van der Waals surface area contributed by atoms with Gasteiger partial charge in [-0.05, 0) is 61.7 Å². The first-order valence-corrected chi connectivity index (χ1v) is 7.83. The van der Waals surface area contributed by atoms with Gasteiger partial charge in [0.25, 0.3) is 0 Å². The molecular weight excluding hydrogens is 336 g/mol. The maximum absolute atomic E-state index is 6.21. The average molecular weight is 354 g/mol. The molecule has 0 spiro atoms. The van der Waals surface area contributed by atoms with E-state index < -0.39 is 0 Å². The standard InChI is InChI=1S/C16H18BrClN2/c1-19-10-13(7-12-3-2-4-15(17)9-12)8-14-5-6-20-11-16(14)18/h2-6,9,11,13,19H,7-8,10H2,1H3. The van der Waals surface area contributed by atoms with Crippen LogP contribution in [0.2, 0.25) is 5.02 Å². The van der Waals surface area contributed by atoms with E-state index in [9.17, 15) is 0 Å². The molecule has 2 rings (SSSR count). The van der Waals surface area contributed by atoms with Crippen LogP contribution in [0.25, 0.3) is 0 Å². The van der Waals surface area contributed by atoms with Gasteiger partial charge in [-0.15, -0.1) is 0 Å². The van der Waals surface area contributed by atoms with Crippen molar-refractivity contribution in [2.24, 2.45) is 5.92 Å². The van der Waals surface area contributed by atoms with Gasteiger partial charge >= 0.3 is 0 Å². The molecule has 0 aliphatic rings. The van der Waals surface area contributed by atoms with Gasteiger partial charge in [-0.1, -0.05) is 39.7 Å². The molecule has 0 fully saturated rings. The molecule has 4 heteroatoms. The van der Waals surface area contributed by atoms with Crippen molar-refractivity contribution in [3.05, 3.63) is 63.3 Å². The van der Waals surface area contributed by atoms with Crippen LogP contribution in [0.3, 0.4) is 0 Å². The summed E-state index contributed by atoms with van der Waals surface area (Å²) in [6.45, 7) is 0.963. The summed E-state index contributed by atoms with van der Waals surface area (Å²) in [7, 11) is 1.99. The Kier molecular flexibility index (Phi) is 6.02. The van der Waals surface area contributed by atoms with E-state index in [1.807, 2.05) is 13.1 Å². The molecular formula is C16H18BrClN2. The number of halogens is 2. The third kappa shape index (κ3) is 4.58. The molecule has 0 amide bonds. The lowest BCUT2D eigenvalue weighted by Gasteiger charge is -2.17. The molecule has 2 nitrogen and oxygen atoms in total. The summed E-state index contributed by atoms with van der Waals surface area (Å²) in [6, 6.07) is 10.5. The molecule has 0 bridgehead atoms. The number of nitrogens with one attached hydrogen (secondary N) is 1. The van der Waals surface area contributed by atoms with E-state index in [1.54, 1.807) is 12.4 Å². The molecule has 0 saturated heterocycles. The van der Waals surface area contributed by atoms with Gasteiger partial charge in [-0.3, -0.25) is 4.98 Å². The maximum Gasteiger partial charge on any atom is 0.0621 e. The number of pyridine rings is 1. The van der Waals surface area contributed by atoms with Gasteiger partial charge < -0.3 is 5.32 Å². The highest BCUT2D eigenvalue weighted by molar-refractivity contribution is 9.10. The Hall–Kier alpha value is -0.900. The summed E-state index contributed by atoms with van der Waals surface area (Å²) in [5.74, 6) is 0.509. The molecule has 0 aliphatic heterocycles. The molecule has 1 aromatic heterocycles. The molecule has 2 aromatic rings. The van der Waals surface area contributed by atoms with E-state index in [0.29, 0.717) is 5.92 Å². The van der Waals surface area contributed by atoms with Gasteiger partial charge in [0, 0.05) is 16.9 Å². The van der Waals surface area contributed by atoms with E-state index in [0.717, 1.165) is 34.4 Å². The summed E-state index contributed by atoms with van der Waals surface area (Å²) in [5.41, 5.74) is 2.50. The van der Waals surface area contributed by atoms with E-state index in [2.05, 4.69) is 50.5 Å². The summed E-state index contributed by atoms with van der Waals surface area (Å²) < 4.78 is 1.13. The molecule has 0 saturated carbocycles. The summed E-state index contributed by atoms with van der Waals surface area (Å²) in [5, 5.41) is 4.02. The van der Waals surface area contributed by atoms with Crippen LogP contribution >= 0.6 is 27.5 Å². The van der Waals surface area contributed by atoms with E-state index in [1.165, 1.54) is 5.56 Å². The largest absolute Gasteiger partial charge is 0.319 e. The van der Waals surface area contributed by atoms with Crippen molar-refractivity contribution in [2.45, 2.75) is 12.8 Å². The van der Waals surface area contributed by atoms with Gasteiger partial charge in [-0.2, -0.15) is 0 Å². The molecule has 1 N–H and O–H groups in total. The number of hydrogen-bond donors (Lipinski definition) is 1. The molecule has 20 heavy (non-hydrogen) atoms. The summed E-state index contributed by atoms with van der Waals surface area (Å²) in [6.07, 6.45) is 5.50. The molecule has 1 unspecified atom stereocenters. The lowest BCUT2D eigenvalue weighted by atomic mass is 9.93. The molecule has 106 valence electrons. The third-order valence-corrected chi connectivity index (χ3v) is 4.10. The Morgan fingerprint density at radius 2 is 2.15 bits per heavy atom. The second-order valence-electron chi connectivity index (χ2n) is 4.93. The van der Waals surface area contributed by atoms with Crippen LogP contribution in [-0.2, 0) is 12.8 Å². The number of rotatable bonds is 6. The lowest BCUT2D eigenvalue weighted by molar-refractivity contribution is 0.493. The van der Waals surface area contributed by atoms with E-state index in [-0.39, 0.29) is 0 Å². The van der Waals surface area contributed by atoms with Crippen LogP contribution in [0, 0.1) is 5.92 Å².